The topological polar surface area (TPSA) is 98.8 Å². The van der Waals surface area contributed by atoms with E-state index in [1.807, 2.05) is 0 Å². The van der Waals surface area contributed by atoms with Gasteiger partial charge >= 0.3 is 11.9 Å². The Labute approximate surface area is 165 Å². The molecule has 1 atom stereocenters. The highest BCUT2D eigenvalue weighted by Gasteiger charge is 2.38. The van der Waals surface area contributed by atoms with Gasteiger partial charge in [0.2, 0.25) is 5.91 Å². The van der Waals surface area contributed by atoms with Crippen molar-refractivity contribution in [3.8, 4) is 5.75 Å². The molecule has 1 N–H and O–H groups in total. The Bertz CT molecular complexity index is 860. The van der Waals surface area contributed by atoms with E-state index in [4.69, 9.17) is 4.74 Å². The first-order valence-corrected chi connectivity index (χ1v) is 9.07. The third-order valence-electron chi connectivity index (χ3n) is 3.54. The van der Waals surface area contributed by atoms with Crippen LogP contribution in [0.2, 0.25) is 0 Å². The number of thiol groups is 1. The number of carbonyl (C=O) groups is 4. The van der Waals surface area contributed by atoms with Gasteiger partial charge in [-0.1, -0.05) is 18.2 Å². The van der Waals surface area contributed by atoms with Crippen molar-refractivity contribution in [2.75, 3.05) is 13.7 Å². The van der Waals surface area contributed by atoms with Crippen molar-refractivity contribution in [2.24, 2.45) is 0 Å². The molecule has 0 aliphatic carbocycles. The molecule has 9 heteroatoms. The highest BCUT2D eigenvalue weighted by Crippen LogP contribution is 2.23. The number of hydrogen-bond donors (Lipinski definition) is 2. The molecule has 0 bridgehead atoms. The van der Waals surface area contributed by atoms with E-state index < -0.39 is 34.9 Å². The Morgan fingerprint density at radius 2 is 1.85 bits per heavy atom. The van der Waals surface area contributed by atoms with Crippen LogP contribution in [0, 0.1) is 0 Å². The molecule has 0 fully saturated rings. The molecular weight excluding hydrogens is 390 g/mol. The van der Waals surface area contributed by atoms with Crippen LogP contribution in [-0.4, -0.2) is 42.0 Å². The van der Waals surface area contributed by atoms with Crippen LogP contribution in [0.5, 0.6) is 5.75 Å². The average Bonchev–Trinajstić information content (AvgIpc) is 3.19. The lowest BCUT2D eigenvalue weighted by Gasteiger charge is -2.20. The molecule has 1 amide bonds. The van der Waals surface area contributed by atoms with E-state index >= 15 is 0 Å². The average molecular weight is 407 g/mol. The first-order valence-electron chi connectivity index (χ1n) is 7.74. The lowest BCUT2D eigenvalue weighted by atomic mass is 10.0. The van der Waals surface area contributed by atoms with Crippen LogP contribution in [0.25, 0.3) is 0 Å². The molecule has 7 nitrogen and oxygen atoms in total. The first-order chi connectivity index (χ1) is 12.8. The number of hydrogen-bond acceptors (Lipinski definition) is 8. The summed E-state index contributed by atoms with van der Waals surface area (Å²) in [5.74, 6) is -2.67. The molecule has 1 aromatic heterocycles. The molecule has 1 heterocycles. The Kier molecular flexibility index (Phi) is 6.75. The van der Waals surface area contributed by atoms with Crippen LogP contribution in [0.4, 0.5) is 0 Å². The summed E-state index contributed by atoms with van der Waals surface area (Å²) in [6.45, 7) is 0.855. The second kappa shape index (κ2) is 8.83. The zero-order chi connectivity index (χ0) is 20.0. The zero-order valence-corrected chi connectivity index (χ0v) is 16.3. The van der Waals surface area contributed by atoms with Gasteiger partial charge in [0.25, 0.3) is 0 Å². The van der Waals surface area contributed by atoms with Crippen LogP contribution >= 0.6 is 24.0 Å². The highest BCUT2D eigenvalue weighted by molar-refractivity contribution is 7.83. The number of Topliss-reactive ketones (excluding diaryl/α,β-unsaturated/α-hetero) is 1. The zero-order valence-electron chi connectivity index (χ0n) is 14.6. The van der Waals surface area contributed by atoms with Gasteiger partial charge in [-0.25, -0.2) is 9.59 Å². The van der Waals surface area contributed by atoms with E-state index in [9.17, 15) is 19.2 Å². The van der Waals surface area contributed by atoms with Gasteiger partial charge in [-0.3, -0.25) is 9.59 Å². The lowest BCUT2D eigenvalue weighted by molar-refractivity contribution is -0.135. The van der Waals surface area contributed by atoms with E-state index in [-0.39, 0.29) is 11.3 Å². The number of para-hydroxylation sites is 1. The molecule has 0 aliphatic heterocycles. The normalized spacial score (nSPS) is 12.6. The summed E-state index contributed by atoms with van der Waals surface area (Å²) in [6.07, 6.45) is 0. The van der Waals surface area contributed by atoms with Crippen LogP contribution in [0.3, 0.4) is 0 Å². The predicted octanol–water partition coefficient (Wildman–Crippen LogP) is 2.13. The molecule has 2 aromatic rings. The Morgan fingerprint density at radius 3 is 2.48 bits per heavy atom. The number of benzene rings is 1. The van der Waals surface area contributed by atoms with Gasteiger partial charge in [0.05, 0.1) is 12.0 Å². The van der Waals surface area contributed by atoms with E-state index in [1.54, 1.807) is 29.6 Å². The predicted molar refractivity (Wildman–Crippen MR) is 102 cm³/mol. The molecule has 1 unspecified atom stereocenters. The maximum atomic E-state index is 12.4. The minimum atomic E-state index is -1.64. The van der Waals surface area contributed by atoms with Crippen LogP contribution in [0.1, 0.15) is 27.0 Å². The maximum Gasteiger partial charge on any atom is 0.341 e. The van der Waals surface area contributed by atoms with Gasteiger partial charge < -0.3 is 14.8 Å². The van der Waals surface area contributed by atoms with Crippen LogP contribution in [-0.2, 0) is 14.3 Å². The Morgan fingerprint density at radius 1 is 1.15 bits per heavy atom. The number of methoxy groups -OCH3 is 1. The fraction of sp³-hybridized carbons (Fsp3) is 0.222. The monoisotopic (exact) mass is 407 g/mol. The third-order valence-corrected chi connectivity index (χ3v) is 4.81. The molecule has 0 radical (unpaired) electrons. The van der Waals surface area contributed by atoms with E-state index in [0.717, 1.165) is 0 Å². The molecule has 0 saturated carbocycles. The maximum absolute atomic E-state index is 12.4. The summed E-state index contributed by atoms with van der Waals surface area (Å²) in [6, 6.07) is 9.32. The van der Waals surface area contributed by atoms with Crippen molar-refractivity contribution in [1.82, 2.24) is 5.32 Å². The van der Waals surface area contributed by atoms with Crippen molar-refractivity contribution in [1.29, 1.82) is 0 Å². The number of nitrogens with one attached hydrogen (secondary N) is 1. The van der Waals surface area contributed by atoms with Crippen molar-refractivity contribution in [3.63, 3.8) is 0 Å². The van der Waals surface area contributed by atoms with E-state index in [0.29, 0.717) is 4.88 Å². The van der Waals surface area contributed by atoms with Gasteiger partial charge in [0, 0.05) is 0 Å². The van der Waals surface area contributed by atoms with Gasteiger partial charge in [-0.15, -0.1) is 11.3 Å². The fourth-order valence-corrected chi connectivity index (χ4v) is 3.12. The molecule has 2 rings (SSSR count). The largest absolute Gasteiger partial charge is 0.465 e. The molecule has 0 saturated heterocycles. The summed E-state index contributed by atoms with van der Waals surface area (Å²) in [5.41, 5.74) is 0.0755. The van der Waals surface area contributed by atoms with Crippen molar-refractivity contribution in [3.05, 3.63) is 52.2 Å². The van der Waals surface area contributed by atoms with Gasteiger partial charge in [0.15, 0.2) is 10.5 Å². The summed E-state index contributed by atoms with van der Waals surface area (Å²) >= 11 is 5.35. The van der Waals surface area contributed by atoms with Gasteiger partial charge in [-0.2, -0.15) is 12.6 Å². The fourth-order valence-electron chi connectivity index (χ4n) is 2.07. The smallest absolute Gasteiger partial charge is 0.341 e. The van der Waals surface area contributed by atoms with E-state index in [2.05, 4.69) is 22.7 Å². The second-order valence-corrected chi connectivity index (χ2v) is 7.37. The minimum absolute atomic E-state index is 0.00639. The number of thiophene rings is 1. The molecule has 142 valence electrons. The number of amides is 1. The van der Waals surface area contributed by atoms with Crippen molar-refractivity contribution < 1.29 is 28.7 Å². The SMILES string of the molecule is COC(=O)c1ccccc1OC(=O)CNC(=O)C(C)(S)C(=O)c1cccs1. The summed E-state index contributed by atoms with van der Waals surface area (Å²) in [5, 5.41) is 4.04. The number of ketones is 1. The molecule has 0 aliphatic rings. The van der Waals surface area contributed by atoms with E-state index in [1.165, 1.54) is 37.5 Å². The molecule has 1 aromatic carbocycles. The summed E-state index contributed by atoms with van der Waals surface area (Å²) in [4.78, 5) is 48.7. The number of carbonyl (C=O) groups excluding carboxylic acids is 4. The summed E-state index contributed by atoms with van der Waals surface area (Å²) < 4.78 is 8.07. The minimum Gasteiger partial charge on any atom is -0.465 e. The van der Waals surface area contributed by atoms with Crippen LogP contribution in [0.15, 0.2) is 41.8 Å². The summed E-state index contributed by atoms with van der Waals surface area (Å²) in [7, 11) is 1.21. The highest BCUT2D eigenvalue weighted by atomic mass is 32.1. The second-order valence-electron chi connectivity index (χ2n) is 5.52. The van der Waals surface area contributed by atoms with Crippen molar-refractivity contribution >= 4 is 47.6 Å². The Hall–Kier alpha value is -2.65. The Balaban J connectivity index is 1.98. The first kappa shape index (κ1) is 20.7. The van der Waals surface area contributed by atoms with Crippen molar-refractivity contribution in [2.45, 2.75) is 11.7 Å². The molecular formula is C18H17NO6S2. The van der Waals surface area contributed by atoms with Gasteiger partial charge in [0.1, 0.15) is 17.9 Å². The third kappa shape index (κ3) is 4.95. The quantitative estimate of drug-likeness (QED) is 0.240. The molecule has 0 spiro atoms. The van der Waals surface area contributed by atoms with Crippen LogP contribution < -0.4 is 10.1 Å². The number of ether oxygens (including phenoxy) is 2. The standard InChI is InChI=1S/C18H17NO6S2/c1-18(26,15(21)13-8-5-9-27-13)17(23)19-10-14(20)25-12-7-4-3-6-11(12)16(22)24-2/h3-9,26H,10H2,1-2H3,(H,19,23). The number of rotatable bonds is 7. The number of esters is 2. The van der Waals surface area contributed by atoms with Gasteiger partial charge in [-0.05, 0) is 30.5 Å². The molecule has 27 heavy (non-hydrogen) atoms. The lowest BCUT2D eigenvalue weighted by Crippen LogP contribution is -2.48.